The Morgan fingerprint density at radius 1 is 1.00 bits per heavy atom. The highest BCUT2D eigenvalue weighted by Gasteiger charge is 2.21. The molecule has 0 aliphatic heterocycles. The molecule has 0 radical (unpaired) electrons. The Hall–Kier alpha value is -2.61. The molecule has 1 aromatic rings. The number of benzene rings is 1. The zero-order valence-electron chi connectivity index (χ0n) is 21.5. The first kappa shape index (κ1) is 33.6. The van der Waals surface area contributed by atoms with Gasteiger partial charge in [0.05, 0.1) is 13.7 Å². The Labute approximate surface area is 205 Å². The predicted molar refractivity (Wildman–Crippen MR) is 135 cm³/mol. The maximum Gasteiger partial charge on any atom is 0.328 e. The van der Waals surface area contributed by atoms with Crippen molar-refractivity contribution in [2.45, 2.75) is 91.0 Å². The summed E-state index contributed by atoms with van der Waals surface area (Å²) < 4.78 is 4.61. The van der Waals surface area contributed by atoms with Gasteiger partial charge in [-0.25, -0.2) is 4.79 Å². The number of aliphatic hydroxyl groups excluding tert-OH is 1. The molecular formula is C26H46N2O6. The van der Waals surface area contributed by atoms with Crippen LogP contribution in [0.1, 0.15) is 84.1 Å². The normalized spacial score (nSPS) is 10.5. The Morgan fingerprint density at radius 2 is 1.59 bits per heavy atom. The van der Waals surface area contributed by atoms with E-state index in [2.05, 4.69) is 36.1 Å². The summed E-state index contributed by atoms with van der Waals surface area (Å²) in [6, 6.07) is 5.46. The molecule has 8 heteroatoms. The molecule has 34 heavy (non-hydrogen) atoms. The highest BCUT2D eigenvalue weighted by molar-refractivity contribution is 5.86. The van der Waals surface area contributed by atoms with Gasteiger partial charge in [0.15, 0.2) is 0 Å². The van der Waals surface area contributed by atoms with E-state index < -0.39 is 17.9 Å². The summed E-state index contributed by atoms with van der Waals surface area (Å²) in [5.74, 6) is -1.04. The van der Waals surface area contributed by atoms with Crippen LogP contribution in [0.15, 0.2) is 24.3 Å². The Bertz CT molecular complexity index is 621. The van der Waals surface area contributed by atoms with Crippen molar-refractivity contribution in [1.82, 2.24) is 10.6 Å². The number of hydrogen-bond acceptors (Lipinski definition) is 6. The zero-order chi connectivity index (χ0) is 26.0. The molecular weight excluding hydrogens is 436 g/mol. The molecule has 0 saturated carbocycles. The van der Waals surface area contributed by atoms with Gasteiger partial charge in [-0.3, -0.25) is 9.59 Å². The third kappa shape index (κ3) is 21.2. The number of esters is 1. The monoisotopic (exact) mass is 482 g/mol. The second-order valence-electron chi connectivity index (χ2n) is 7.86. The van der Waals surface area contributed by atoms with Gasteiger partial charge < -0.3 is 25.6 Å². The van der Waals surface area contributed by atoms with E-state index in [1.165, 1.54) is 70.6 Å². The largest absolute Gasteiger partial charge is 0.508 e. The van der Waals surface area contributed by atoms with Crippen molar-refractivity contribution in [2.24, 2.45) is 0 Å². The summed E-state index contributed by atoms with van der Waals surface area (Å²) >= 11 is 0. The van der Waals surface area contributed by atoms with Crippen LogP contribution >= 0.6 is 0 Å². The van der Waals surface area contributed by atoms with E-state index in [9.17, 15) is 19.5 Å². The van der Waals surface area contributed by atoms with Crippen molar-refractivity contribution in [3.8, 4) is 5.75 Å². The number of phenols is 1. The molecule has 0 fully saturated rings. The SMILES string of the molecule is CCCCCCC.CCCCCCO.COC(=O)C(Cc1cccc(O)c1)NC(=O)CNC=O. The van der Waals surface area contributed by atoms with Crippen LogP contribution in [-0.2, 0) is 25.5 Å². The topological polar surface area (TPSA) is 125 Å². The lowest BCUT2D eigenvalue weighted by Crippen LogP contribution is -2.46. The van der Waals surface area contributed by atoms with Gasteiger partial charge in [-0.1, -0.05) is 84.3 Å². The summed E-state index contributed by atoms with van der Waals surface area (Å²) in [5, 5.41) is 22.3. The third-order valence-electron chi connectivity index (χ3n) is 4.74. The van der Waals surface area contributed by atoms with E-state index in [0.717, 1.165) is 6.42 Å². The second-order valence-corrected chi connectivity index (χ2v) is 7.86. The predicted octanol–water partition coefficient (Wildman–Crippen LogP) is 3.87. The number of carbonyl (C=O) groups excluding carboxylic acids is 3. The number of carbonyl (C=O) groups is 3. The van der Waals surface area contributed by atoms with Gasteiger partial charge in [0.25, 0.3) is 0 Å². The lowest BCUT2D eigenvalue weighted by molar-refractivity contribution is -0.144. The molecule has 1 atom stereocenters. The minimum absolute atomic E-state index is 0.0695. The van der Waals surface area contributed by atoms with Crippen LogP contribution in [0.25, 0.3) is 0 Å². The molecule has 0 bridgehead atoms. The molecule has 8 nitrogen and oxygen atoms in total. The quantitative estimate of drug-likeness (QED) is 0.171. The fraction of sp³-hybridized carbons (Fsp3) is 0.654. The van der Waals surface area contributed by atoms with E-state index in [1.807, 2.05) is 0 Å². The number of ether oxygens (including phenoxy) is 1. The van der Waals surface area contributed by atoms with Crippen LogP contribution < -0.4 is 10.6 Å². The summed E-state index contributed by atoms with van der Waals surface area (Å²) in [7, 11) is 1.22. The zero-order valence-corrected chi connectivity index (χ0v) is 21.5. The fourth-order valence-corrected chi connectivity index (χ4v) is 2.85. The number of amides is 2. The number of aliphatic hydroxyl groups is 1. The molecule has 0 aromatic heterocycles. The van der Waals surface area contributed by atoms with Gasteiger partial charge in [0.2, 0.25) is 12.3 Å². The van der Waals surface area contributed by atoms with E-state index in [4.69, 9.17) is 5.11 Å². The van der Waals surface area contributed by atoms with Gasteiger partial charge in [-0.05, 0) is 24.1 Å². The van der Waals surface area contributed by atoms with Crippen molar-refractivity contribution in [3.63, 3.8) is 0 Å². The first-order chi connectivity index (χ1) is 16.4. The first-order valence-corrected chi connectivity index (χ1v) is 12.3. The average Bonchev–Trinajstić information content (AvgIpc) is 2.83. The van der Waals surface area contributed by atoms with Gasteiger partial charge in [0, 0.05) is 13.0 Å². The molecule has 4 N–H and O–H groups in total. The number of unbranched alkanes of at least 4 members (excludes halogenated alkanes) is 7. The van der Waals surface area contributed by atoms with Crippen LogP contribution in [0.5, 0.6) is 5.75 Å². The number of rotatable bonds is 15. The Morgan fingerprint density at radius 3 is 2.06 bits per heavy atom. The maximum atomic E-state index is 11.6. The third-order valence-corrected chi connectivity index (χ3v) is 4.74. The summed E-state index contributed by atoms with van der Waals surface area (Å²) in [6.07, 6.45) is 12.3. The number of hydrogen-bond donors (Lipinski definition) is 4. The Balaban J connectivity index is 0. The summed E-state index contributed by atoms with van der Waals surface area (Å²) in [6.45, 7) is 6.79. The molecule has 0 aliphatic rings. The van der Waals surface area contributed by atoms with Gasteiger partial charge in [-0.15, -0.1) is 0 Å². The van der Waals surface area contributed by atoms with Crippen LogP contribution in [0.4, 0.5) is 0 Å². The van der Waals surface area contributed by atoms with Crippen molar-refractivity contribution in [3.05, 3.63) is 29.8 Å². The standard InChI is InChI=1S/C13H16N2O5.C7H16.C6H14O/c1-20-13(19)11(15-12(18)7-14-8-16)6-9-3-2-4-10(17)5-9;1-3-5-7-6-4-2;1-2-3-4-5-6-7/h2-5,8,11,17H,6-7H2,1H3,(H,14,16)(H,15,18);3-7H2,1-2H3;7H,2-6H2,1H3. The molecule has 1 aromatic carbocycles. The van der Waals surface area contributed by atoms with E-state index in [1.54, 1.807) is 12.1 Å². The number of methoxy groups -OCH3 is 1. The van der Waals surface area contributed by atoms with Crippen LogP contribution in [0.2, 0.25) is 0 Å². The first-order valence-electron chi connectivity index (χ1n) is 12.3. The number of nitrogens with one attached hydrogen (secondary N) is 2. The van der Waals surface area contributed by atoms with E-state index in [-0.39, 0.29) is 18.7 Å². The minimum atomic E-state index is -0.886. The Kier molecular flexibility index (Phi) is 24.7. The highest BCUT2D eigenvalue weighted by Crippen LogP contribution is 2.13. The van der Waals surface area contributed by atoms with E-state index >= 15 is 0 Å². The number of aromatic hydroxyl groups is 1. The van der Waals surface area contributed by atoms with Crippen molar-refractivity contribution in [2.75, 3.05) is 20.3 Å². The minimum Gasteiger partial charge on any atom is -0.508 e. The summed E-state index contributed by atoms with van der Waals surface area (Å²) in [5.41, 5.74) is 0.670. The lowest BCUT2D eigenvalue weighted by atomic mass is 10.1. The van der Waals surface area contributed by atoms with Gasteiger partial charge >= 0.3 is 5.97 Å². The maximum absolute atomic E-state index is 11.6. The average molecular weight is 483 g/mol. The molecule has 0 saturated heterocycles. The smallest absolute Gasteiger partial charge is 0.328 e. The fourth-order valence-electron chi connectivity index (χ4n) is 2.85. The van der Waals surface area contributed by atoms with Gasteiger partial charge in [-0.2, -0.15) is 0 Å². The van der Waals surface area contributed by atoms with Gasteiger partial charge in [0.1, 0.15) is 11.8 Å². The molecule has 0 aliphatic carbocycles. The number of phenolic OH excluding ortho intramolecular Hbond substituents is 1. The molecule has 1 unspecified atom stereocenters. The van der Waals surface area contributed by atoms with Crippen LogP contribution in [0, 0.1) is 0 Å². The summed E-state index contributed by atoms with van der Waals surface area (Å²) in [4.78, 5) is 33.2. The molecule has 0 heterocycles. The lowest BCUT2D eigenvalue weighted by Gasteiger charge is -2.16. The highest BCUT2D eigenvalue weighted by atomic mass is 16.5. The molecule has 2 amide bonds. The second kappa shape index (κ2) is 25.0. The molecule has 0 spiro atoms. The van der Waals surface area contributed by atoms with Crippen molar-refractivity contribution >= 4 is 18.3 Å². The van der Waals surface area contributed by atoms with Crippen LogP contribution in [0.3, 0.4) is 0 Å². The molecule has 196 valence electrons. The van der Waals surface area contributed by atoms with Crippen LogP contribution in [-0.4, -0.2) is 54.8 Å². The molecule has 1 rings (SSSR count). The van der Waals surface area contributed by atoms with Crippen molar-refractivity contribution in [1.29, 1.82) is 0 Å². The van der Waals surface area contributed by atoms with E-state index in [0.29, 0.717) is 18.6 Å². The van der Waals surface area contributed by atoms with Crippen molar-refractivity contribution < 1.29 is 29.3 Å².